The van der Waals surface area contributed by atoms with Crippen LogP contribution in [-0.4, -0.2) is 43.5 Å². The molecule has 0 radical (unpaired) electrons. The van der Waals surface area contributed by atoms with Crippen molar-refractivity contribution in [2.24, 2.45) is 0 Å². The van der Waals surface area contributed by atoms with Crippen molar-refractivity contribution in [1.29, 1.82) is 0 Å². The summed E-state index contributed by atoms with van der Waals surface area (Å²) in [5, 5.41) is 2.04. The van der Waals surface area contributed by atoms with Gasteiger partial charge in [0, 0.05) is 11.1 Å². The molecule has 1 aliphatic rings. The Hall–Kier alpha value is -2.96. The molecule has 4 rings (SSSR count). The van der Waals surface area contributed by atoms with Crippen LogP contribution in [0.3, 0.4) is 0 Å². The summed E-state index contributed by atoms with van der Waals surface area (Å²) in [5.41, 5.74) is 1.85. The smallest absolute Gasteiger partial charge is 0.278 e. The standard InChI is InChI=1S/C24H26FN3O2/c25-21-10-5-4-9-20(21)18-27-12-14-28(15-13-27)23(29)17-26-24(22-11-6-16-30-22)19-7-2-1-3-8-19/h1-11,16,24,26H,12-15,17-18H2/p+2/t24-/m1/s1. The largest absolute Gasteiger partial charge is 0.463 e. The van der Waals surface area contributed by atoms with Crippen molar-refractivity contribution in [3.8, 4) is 0 Å². The van der Waals surface area contributed by atoms with E-state index in [-0.39, 0.29) is 17.8 Å². The van der Waals surface area contributed by atoms with Crippen molar-refractivity contribution in [3.05, 3.63) is 95.7 Å². The lowest BCUT2D eigenvalue weighted by Crippen LogP contribution is -3.13. The van der Waals surface area contributed by atoms with Gasteiger partial charge in [0.05, 0.1) is 32.4 Å². The van der Waals surface area contributed by atoms with Crippen LogP contribution < -0.4 is 10.2 Å². The molecule has 3 aromatic rings. The number of piperazine rings is 1. The molecule has 0 saturated carbocycles. The Morgan fingerprint density at radius 2 is 1.77 bits per heavy atom. The van der Waals surface area contributed by atoms with Gasteiger partial charge in [0.1, 0.15) is 12.4 Å². The molecule has 3 N–H and O–H groups in total. The minimum atomic E-state index is -0.150. The first kappa shape index (κ1) is 20.3. The number of hydrogen-bond donors (Lipinski definition) is 2. The second kappa shape index (κ2) is 9.69. The third kappa shape index (κ3) is 4.96. The second-order valence-corrected chi connectivity index (χ2v) is 7.74. The molecule has 2 aromatic carbocycles. The summed E-state index contributed by atoms with van der Waals surface area (Å²) in [5.74, 6) is 0.823. The van der Waals surface area contributed by atoms with Gasteiger partial charge in [-0.15, -0.1) is 0 Å². The van der Waals surface area contributed by atoms with Gasteiger partial charge in [-0.1, -0.05) is 48.5 Å². The Bertz CT molecular complexity index is 938. The molecule has 1 aliphatic heterocycles. The average Bonchev–Trinajstić information content (AvgIpc) is 3.31. The van der Waals surface area contributed by atoms with Crippen LogP contribution in [0.4, 0.5) is 4.39 Å². The number of halogens is 1. The van der Waals surface area contributed by atoms with Crippen LogP contribution in [0.5, 0.6) is 0 Å². The normalized spacial score (nSPS) is 15.8. The zero-order chi connectivity index (χ0) is 20.8. The van der Waals surface area contributed by atoms with E-state index < -0.39 is 0 Å². The fourth-order valence-electron chi connectivity index (χ4n) is 4.05. The minimum Gasteiger partial charge on any atom is -0.463 e. The van der Waals surface area contributed by atoms with Crippen molar-refractivity contribution in [1.82, 2.24) is 4.90 Å². The third-order valence-corrected chi connectivity index (χ3v) is 5.76. The SMILES string of the molecule is O=C(C[NH2+][C@H](c1ccccc1)c1ccco1)N1CC[NH+](Cc2ccccc2F)CC1. The molecular weight excluding hydrogens is 381 g/mol. The van der Waals surface area contributed by atoms with Gasteiger partial charge in [-0.3, -0.25) is 4.79 Å². The number of rotatable bonds is 7. The van der Waals surface area contributed by atoms with Gasteiger partial charge in [-0.2, -0.15) is 0 Å². The van der Waals surface area contributed by atoms with Gasteiger partial charge in [0.15, 0.2) is 18.3 Å². The molecule has 0 bridgehead atoms. The predicted octanol–water partition coefficient (Wildman–Crippen LogP) is 0.999. The van der Waals surface area contributed by atoms with Crippen LogP contribution in [0.15, 0.2) is 77.4 Å². The highest BCUT2D eigenvalue weighted by atomic mass is 19.1. The second-order valence-electron chi connectivity index (χ2n) is 7.74. The minimum absolute atomic E-state index is 0.0434. The predicted molar refractivity (Wildman–Crippen MR) is 111 cm³/mol. The number of carbonyl (C=O) groups is 1. The Morgan fingerprint density at radius 1 is 1.03 bits per heavy atom. The van der Waals surface area contributed by atoms with E-state index in [2.05, 4.69) is 12.1 Å². The molecular formula is C24H28FN3O2+2. The van der Waals surface area contributed by atoms with Gasteiger partial charge in [-0.05, 0) is 18.2 Å². The number of carbonyl (C=O) groups excluding carboxylic acids is 1. The van der Waals surface area contributed by atoms with Crippen LogP contribution >= 0.6 is 0 Å². The monoisotopic (exact) mass is 409 g/mol. The lowest BCUT2D eigenvalue weighted by Gasteiger charge is -2.32. The molecule has 1 saturated heterocycles. The first-order valence-corrected chi connectivity index (χ1v) is 10.5. The third-order valence-electron chi connectivity index (χ3n) is 5.76. The summed E-state index contributed by atoms with van der Waals surface area (Å²) < 4.78 is 19.5. The van der Waals surface area contributed by atoms with E-state index in [1.165, 1.54) is 11.0 Å². The highest BCUT2D eigenvalue weighted by molar-refractivity contribution is 5.77. The lowest BCUT2D eigenvalue weighted by atomic mass is 10.0. The molecule has 1 atom stereocenters. The van der Waals surface area contributed by atoms with Crippen LogP contribution in [0, 0.1) is 5.82 Å². The van der Waals surface area contributed by atoms with Crippen LogP contribution in [-0.2, 0) is 11.3 Å². The van der Waals surface area contributed by atoms with Crippen LogP contribution in [0.2, 0.25) is 0 Å². The number of benzene rings is 2. The maximum absolute atomic E-state index is 13.9. The van der Waals surface area contributed by atoms with Crippen molar-refractivity contribution >= 4 is 5.91 Å². The van der Waals surface area contributed by atoms with Crippen molar-refractivity contribution < 1.29 is 23.8 Å². The number of hydrogen-bond acceptors (Lipinski definition) is 2. The van der Waals surface area contributed by atoms with Crippen LogP contribution in [0.25, 0.3) is 0 Å². The number of nitrogens with one attached hydrogen (secondary N) is 1. The zero-order valence-corrected chi connectivity index (χ0v) is 17.0. The number of amides is 1. The molecule has 0 aliphatic carbocycles. The molecule has 2 heterocycles. The molecule has 0 unspecified atom stereocenters. The number of nitrogens with two attached hydrogens (primary N) is 1. The summed E-state index contributed by atoms with van der Waals surface area (Å²) in [6, 6.07) is 20.8. The van der Waals surface area contributed by atoms with E-state index in [9.17, 15) is 9.18 Å². The average molecular weight is 410 g/mol. The summed E-state index contributed by atoms with van der Waals surface area (Å²) in [6.45, 7) is 4.10. The highest BCUT2D eigenvalue weighted by Gasteiger charge is 2.27. The summed E-state index contributed by atoms with van der Waals surface area (Å²) in [4.78, 5) is 16.1. The van der Waals surface area contributed by atoms with Gasteiger partial charge in [0.2, 0.25) is 0 Å². The first-order chi connectivity index (χ1) is 14.7. The Labute approximate surface area is 176 Å². The molecule has 156 valence electrons. The lowest BCUT2D eigenvalue weighted by molar-refractivity contribution is -0.917. The molecule has 30 heavy (non-hydrogen) atoms. The number of furan rings is 1. The van der Waals surface area contributed by atoms with Crippen molar-refractivity contribution in [3.63, 3.8) is 0 Å². The summed E-state index contributed by atoms with van der Waals surface area (Å²) >= 11 is 0. The number of quaternary nitrogens is 2. The highest BCUT2D eigenvalue weighted by Crippen LogP contribution is 2.18. The van der Waals surface area contributed by atoms with E-state index in [0.29, 0.717) is 26.2 Å². The molecule has 1 aromatic heterocycles. The quantitative estimate of drug-likeness (QED) is 0.612. The number of nitrogens with zero attached hydrogens (tertiary/aromatic N) is 1. The topological polar surface area (TPSA) is 54.5 Å². The molecule has 1 fully saturated rings. The van der Waals surface area contributed by atoms with Crippen LogP contribution in [0.1, 0.15) is 22.9 Å². The molecule has 1 amide bonds. The van der Waals surface area contributed by atoms with Gasteiger partial charge in [0.25, 0.3) is 5.91 Å². The summed E-state index contributed by atoms with van der Waals surface area (Å²) in [7, 11) is 0. The molecule has 0 spiro atoms. The van der Waals surface area contributed by atoms with Gasteiger partial charge < -0.3 is 19.5 Å². The zero-order valence-electron chi connectivity index (χ0n) is 17.0. The Morgan fingerprint density at radius 3 is 2.47 bits per heavy atom. The maximum atomic E-state index is 13.9. The molecule has 5 nitrogen and oxygen atoms in total. The van der Waals surface area contributed by atoms with E-state index in [1.54, 1.807) is 12.3 Å². The first-order valence-electron chi connectivity index (χ1n) is 10.5. The fraction of sp³-hybridized carbons (Fsp3) is 0.292. The van der Waals surface area contributed by atoms with E-state index >= 15 is 0 Å². The van der Waals surface area contributed by atoms with E-state index in [4.69, 9.17) is 4.42 Å². The Kier molecular flexibility index (Phi) is 6.57. The fourth-order valence-corrected chi connectivity index (χ4v) is 4.05. The van der Waals surface area contributed by atoms with Crippen molar-refractivity contribution in [2.75, 3.05) is 32.7 Å². The van der Waals surface area contributed by atoms with Crippen molar-refractivity contribution in [2.45, 2.75) is 12.6 Å². The maximum Gasteiger partial charge on any atom is 0.278 e. The Balaban J connectivity index is 1.30. The summed E-state index contributed by atoms with van der Waals surface area (Å²) in [6.07, 6.45) is 1.67. The molecule has 6 heteroatoms. The van der Waals surface area contributed by atoms with Gasteiger partial charge >= 0.3 is 0 Å². The van der Waals surface area contributed by atoms with E-state index in [0.717, 1.165) is 30.0 Å². The van der Waals surface area contributed by atoms with E-state index in [1.807, 2.05) is 52.7 Å². The van der Waals surface area contributed by atoms with Gasteiger partial charge in [-0.25, -0.2) is 4.39 Å².